The van der Waals surface area contributed by atoms with Crippen LogP contribution in [0.4, 0.5) is 5.69 Å². The van der Waals surface area contributed by atoms with Gasteiger partial charge in [-0.25, -0.2) is 8.42 Å². The normalized spacial score (nSPS) is 11.2. The first-order valence-electron chi connectivity index (χ1n) is 8.85. The molecular weight excluding hydrogens is 406 g/mol. The summed E-state index contributed by atoms with van der Waals surface area (Å²) in [6.07, 6.45) is 0. The van der Waals surface area contributed by atoms with Crippen LogP contribution in [0.5, 0.6) is 11.5 Å². The van der Waals surface area contributed by atoms with Crippen molar-refractivity contribution < 1.29 is 22.7 Å². The molecule has 0 spiro atoms. The molecule has 0 saturated carbocycles. The van der Waals surface area contributed by atoms with Crippen LogP contribution in [-0.2, 0) is 10.0 Å². The van der Waals surface area contributed by atoms with Gasteiger partial charge < -0.3 is 14.3 Å². The molecule has 8 nitrogen and oxygen atoms in total. The second-order valence-corrected chi connectivity index (χ2v) is 7.95. The third-order valence-corrected chi connectivity index (χ3v) is 5.67. The number of aromatic nitrogens is 2. The molecule has 152 valence electrons. The summed E-state index contributed by atoms with van der Waals surface area (Å²) in [5, 5.41) is 17.5. The average molecular weight is 423 g/mol. The van der Waals surface area contributed by atoms with Gasteiger partial charge in [0.2, 0.25) is 11.8 Å². The second-order valence-electron chi connectivity index (χ2n) is 6.30. The number of ether oxygens (including phenoxy) is 1. The highest BCUT2D eigenvalue weighted by Gasteiger charge is 2.22. The fourth-order valence-corrected chi connectivity index (χ4v) is 4.05. The Morgan fingerprint density at radius 3 is 2.23 bits per heavy atom. The fraction of sp³-hybridized carbons (Fsp3) is 0.0476. The Bertz CT molecular complexity index is 1270. The molecule has 0 bridgehead atoms. The van der Waals surface area contributed by atoms with Crippen LogP contribution < -0.4 is 9.46 Å². The Hall–Kier alpha value is -3.85. The van der Waals surface area contributed by atoms with E-state index in [0.717, 1.165) is 5.56 Å². The zero-order valence-electron chi connectivity index (χ0n) is 15.8. The molecule has 9 heteroatoms. The second kappa shape index (κ2) is 7.88. The van der Waals surface area contributed by atoms with Crippen molar-refractivity contribution in [3.05, 3.63) is 72.8 Å². The Morgan fingerprint density at radius 2 is 1.57 bits per heavy atom. The zero-order chi connectivity index (χ0) is 21.1. The van der Waals surface area contributed by atoms with Crippen LogP contribution in [0.1, 0.15) is 0 Å². The van der Waals surface area contributed by atoms with Gasteiger partial charge in [0.25, 0.3) is 10.0 Å². The van der Waals surface area contributed by atoms with E-state index in [0.29, 0.717) is 17.1 Å². The monoisotopic (exact) mass is 423 g/mol. The van der Waals surface area contributed by atoms with Crippen molar-refractivity contribution in [2.75, 3.05) is 11.8 Å². The molecule has 2 N–H and O–H groups in total. The number of hydrogen-bond acceptors (Lipinski definition) is 7. The summed E-state index contributed by atoms with van der Waals surface area (Å²) >= 11 is 0. The number of anilines is 1. The number of methoxy groups -OCH3 is 1. The number of hydrogen-bond donors (Lipinski definition) is 2. The predicted molar refractivity (Wildman–Crippen MR) is 111 cm³/mol. The van der Waals surface area contributed by atoms with E-state index in [1.807, 2.05) is 30.3 Å². The average Bonchev–Trinajstić information content (AvgIpc) is 3.26. The summed E-state index contributed by atoms with van der Waals surface area (Å²) in [6, 6.07) is 19.5. The first-order valence-corrected chi connectivity index (χ1v) is 10.3. The van der Waals surface area contributed by atoms with Crippen molar-refractivity contribution in [1.29, 1.82) is 0 Å². The quantitative estimate of drug-likeness (QED) is 0.452. The molecule has 1 heterocycles. The van der Waals surface area contributed by atoms with Crippen LogP contribution in [0.25, 0.3) is 22.9 Å². The van der Waals surface area contributed by atoms with E-state index < -0.39 is 10.0 Å². The van der Waals surface area contributed by atoms with E-state index in [2.05, 4.69) is 14.9 Å². The smallest absolute Gasteiger partial charge is 0.265 e. The lowest BCUT2D eigenvalue weighted by Crippen LogP contribution is -2.14. The lowest BCUT2D eigenvalue weighted by molar-refractivity contribution is 0.403. The highest BCUT2D eigenvalue weighted by atomic mass is 32.2. The van der Waals surface area contributed by atoms with Gasteiger partial charge in [-0.1, -0.05) is 18.2 Å². The van der Waals surface area contributed by atoms with Gasteiger partial charge in [-0.2, -0.15) is 0 Å². The molecule has 0 radical (unpaired) electrons. The highest BCUT2D eigenvalue weighted by Crippen LogP contribution is 2.32. The molecular formula is C21H17N3O5S. The molecule has 0 atom stereocenters. The topological polar surface area (TPSA) is 115 Å². The third-order valence-electron chi connectivity index (χ3n) is 4.27. The lowest BCUT2D eigenvalue weighted by atomic mass is 10.2. The van der Waals surface area contributed by atoms with Crippen LogP contribution in [0, 0.1) is 0 Å². The van der Waals surface area contributed by atoms with Crippen molar-refractivity contribution in [3.63, 3.8) is 0 Å². The number of rotatable bonds is 6. The maximum Gasteiger partial charge on any atom is 0.265 e. The summed E-state index contributed by atoms with van der Waals surface area (Å²) in [4.78, 5) is -0.0879. The summed E-state index contributed by atoms with van der Waals surface area (Å²) < 4.78 is 39.3. The molecule has 0 aliphatic heterocycles. The molecule has 3 aromatic carbocycles. The molecule has 0 aliphatic carbocycles. The predicted octanol–water partition coefficient (Wildman–Crippen LogP) is 3.92. The molecule has 30 heavy (non-hydrogen) atoms. The van der Waals surface area contributed by atoms with Crippen LogP contribution in [0.15, 0.2) is 82.1 Å². The first kappa shape index (κ1) is 19.5. The van der Waals surface area contributed by atoms with Crippen LogP contribution >= 0.6 is 0 Å². The van der Waals surface area contributed by atoms with Crippen LogP contribution in [0.2, 0.25) is 0 Å². The maximum atomic E-state index is 13.0. The maximum absolute atomic E-state index is 13.0. The molecule has 0 fully saturated rings. The number of nitrogens with one attached hydrogen (secondary N) is 1. The summed E-state index contributed by atoms with van der Waals surface area (Å²) in [6.45, 7) is 0. The Balaban J connectivity index is 1.70. The van der Waals surface area contributed by atoms with Gasteiger partial charge in [0.1, 0.15) is 16.4 Å². The van der Waals surface area contributed by atoms with Gasteiger partial charge in [-0.15, -0.1) is 10.2 Å². The van der Waals surface area contributed by atoms with E-state index in [4.69, 9.17) is 9.15 Å². The minimum atomic E-state index is -3.99. The number of phenols is 1. The molecule has 0 aliphatic rings. The molecule has 0 amide bonds. The minimum Gasteiger partial charge on any atom is -0.508 e. The third kappa shape index (κ3) is 3.96. The first-order chi connectivity index (χ1) is 14.5. The number of aromatic hydroxyl groups is 1. The largest absolute Gasteiger partial charge is 0.508 e. The standard InChI is InChI=1S/C21H17N3O5S/c1-28-18-12-7-15(21-23-22-20(29-21)14-5-3-2-4-6-14)13-19(18)30(26,27)24-16-8-10-17(25)11-9-16/h2-13,24-25H,1H3. The lowest BCUT2D eigenvalue weighted by Gasteiger charge is -2.12. The van der Waals surface area contributed by atoms with Gasteiger partial charge in [0, 0.05) is 16.8 Å². The van der Waals surface area contributed by atoms with Gasteiger partial charge in [0.05, 0.1) is 7.11 Å². The minimum absolute atomic E-state index is 0.0307. The van der Waals surface area contributed by atoms with E-state index >= 15 is 0 Å². The van der Waals surface area contributed by atoms with Gasteiger partial charge in [-0.3, -0.25) is 4.72 Å². The van der Waals surface area contributed by atoms with E-state index in [9.17, 15) is 13.5 Å². The van der Waals surface area contributed by atoms with E-state index in [-0.39, 0.29) is 22.3 Å². The molecule has 4 aromatic rings. The molecule has 0 unspecified atom stereocenters. The molecule has 4 rings (SSSR count). The zero-order valence-corrected chi connectivity index (χ0v) is 16.6. The van der Waals surface area contributed by atoms with Crippen molar-refractivity contribution >= 4 is 15.7 Å². The van der Waals surface area contributed by atoms with Crippen molar-refractivity contribution in [2.24, 2.45) is 0 Å². The summed E-state index contributed by atoms with van der Waals surface area (Å²) in [7, 11) is -2.61. The number of sulfonamides is 1. The molecule has 1 aromatic heterocycles. The Labute approximate surface area is 172 Å². The van der Waals surface area contributed by atoms with Crippen LogP contribution in [-0.4, -0.2) is 30.8 Å². The van der Waals surface area contributed by atoms with Gasteiger partial charge in [0.15, 0.2) is 0 Å². The highest BCUT2D eigenvalue weighted by molar-refractivity contribution is 7.92. The van der Waals surface area contributed by atoms with Crippen molar-refractivity contribution in [2.45, 2.75) is 4.90 Å². The van der Waals surface area contributed by atoms with E-state index in [1.54, 1.807) is 6.07 Å². The van der Waals surface area contributed by atoms with E-state index in [1.165, 1.54) is 43.5 Å². The summed E-state index contributed by atoms with van der Waals surface area (Å²) in [5.41, 5.74) is 1.48. The van der Waals surface area contributed by atoms with Gasteiger partial charge >= 0.3 is 0 Å². The fourth-order valence-electron chi connectivity index (χ4n) is 2.80. The van der Waals surface area contributed by atoms with Crippen molar-refractivity contribution in [3.8, 4) is 34.4 Å². The SMILES string of the molecule is COc1ccc(-c2nnc(-c3ccccc3)o2)cc1S(=O)(=O)Nc1ccc(O)cc1. The Morgan fingerprint density at radius 1 is 0.900 bits per heavy atom. The van der Waals surface area contributed by atoms with Crippen molar-refractivity contribution in [1.82, 2.24) is 10.2 Å². The number of phenolic OH excluding ortho intramolecular Hbond substituents is 1. The molecule has 0 saturated heterocycles. The van der Waals surface area contributed by atoms with Gasteiger partial charge in [-0.05, 0) is 54.6 Å². The van der Waals surface area contributed by atoms with Crippen LogP contribution in [0.3, 0.4) is 0 Å². The number of nitrogens with zero attached hydrogens (tertiary/aromatic N) is 2. The number of benzene rings is 3. The summed E-state index contributed by atoms with van der Waals surface area (Å²) in [5.74, 6) is 0.696. The Kier molecular flexibility index (Phi) is 5.11.